The first-order valence-electron chi connectivity index (χ1n) is 8.29. The standard InChI is InChI=1S/C17H20N4O6.Ca.2H/c1-7-3-9-10(4-8(7)2)21(5-11(23)14(25)12(24)6-22)15-13(18-9)16(26)20-17(27)19-15;;;/h3-4,11-12,14,22-25H,5-6H2,1-2H3,(H,20,26,27);;;/t11-,12+,14-;;;/m0.../s1. The van der Waals surface area contributed by atoms with Crippen LogP contribution in [0, 0.1) is 13.8 Å². The predicted octanol–water partition coefficient (Wildman–Crippen LogP) is -2.64. The fourth-order valence-electron chi connectivity index (χ4n) is 2.89. The van der Waals surface area contributed by atoms with E-state index in [9.17, 15) is 24.9 Å². The number of rotatable bonds is 5. The van der Waals surface area contributed by atoms with E-state index in [0.717, 1.165) is 11.1 Å². The van der Waals surface area contributed by atoms with Crippen LogP contribution in [0.25, 0.3) is 22.6 Å². The van der Waals surface area contributed by atoms with E-state index in [1.54, 1.807) is 12.1 Å². The van der Waals surface area contributed by atoms with Gasteiger partial charge in [0.15, 0.2) is 11.5 Å². The van der Waals surface area contributed by atoms with Crippen LogP contribution in [-0.2, 0) is 6.54 Å². The van der Waals surface area contributed by atoms with E-state index in [1.165, 1.54) is 4.57 Å². The Morgan fingerprint density at radius 1 is 1.07 bits per heavy atom. The van der Waals surface area contributed by atoms with Gasteiger partial charge in [0.25, 0.3) is 5.56 Å². The van der Waals surface area contributed by atoms with E-state index in [4.69, 9.17) is 5.11 Å². The summed E-state index contributed by atoms with van der Waals surface area (Å²) < 4.78 is 1.40. The van der Waals surface area contributed by atoms with E-state index in [1.807, 2.05) is 13.8 Å². The van der Waals surface area contributed by atoms with E-state index in [0.29, 0.717) is 11.0 Å². The molecule has 0 spiro atoms. The van der Waals surface area contributed by atoms with Gasteiger partial charge in [0.2, 0.25) is 0 Å². The number of nitrogens with zero attached hydrogens (tertiary/aromatic N) is 3. The van der Waals surface area contributed by atoms with Crippen molar-refractivity contribution in [3.8, 4) is 11.5 Å². The summed E-state index contributed by atoms with van der Waals surface area (Å²) in [5.41, 5.74) is 1.11. The number of benzene rings is 1. The van der Waals surface area contributed by atoms with Crippen molar-refractivity contribution in [1.82, 2.24) is 19.5 Å². The zero-order valence-corrected chi connectivity index (χ0v) is 14.7. The summed E-state index contributed by atoms with van der Waals surface area (Å²) in [5, 5.41) is 38.8. The van der Waals surface area contributed by atoms with Crippen LogP contribution in [0.4, 0.5) is 0 Å². The van der Waals surface area contributed by atoms with Crippen LogP contribution in [0.15, 0.2) is 21.7 Å². The number of aromatic amines is 1. The Labute approximate surface area is 188 Å². The van der Waals surface area contributed by atoms with Crippen molar-refractivity contribution in [2.45, 2.75) is 38.7 Å². The molecule has 5 N–H and O–H groups in total. The molecule has 28 heavy (non-hydrogen) atoms. The van der Waals surface area contributed by atoms with Crippen LogP contribution in [-0.4, -0.2) is 103 Å². The molecular weight excluding hydrogens is 396 g/mol. The zero-order valence-electron chi connectivity index (χ0n) is 14.7. The van der Waals surface area contributed by atoms with Crippen LogP contribution in [0.5, 0.6) is 0 Å². The summed E-state index contributed by atoms with van der Waals surface area (Å²) in [6.07, 6.45) is -4.68. The van der Waals surface area contributed by atoms with Crippen molar-refractivity contribution in [2.75, 3.05) is 6.61 Å². The van der Waals surface area contributed by atoms with Crippen molar-refractivity contribution in [3.05, 3.63) is 44.1 Å². The van der Waals surface area contributed by atoms with Crippen LogP contribution in [0.2, 0.25) is 0 Å². The minimum absolute atomic E-state index is 0. The Bertz CT molecular complexity index is 1080. The molecular formula is C17H22CaN4O6. The molecule has 2 aliphatic rings. The van der Waals surface area contributed by atoms with Crippen LogP contribution < -0.4 is 11.2 Å². The molecule has 0 saturated heterocycles. The number of aryl methyl sites for hydroxylation is 2. The third-order valence-corrected chi connectivity index (χ3v) is 4.57. The Balaban J connectivity index is 0.00000280. The second-order valence-corrected chi connectivity index (χ2v) is 6.50. The third kappa shape index (κ3) is 4.28. The molecule has 0 fully saturated rings. The number of aliphatic hydroxyl groups excluding tert-OH is 4. The molecule has 2 aliphatic heterocycles. The fraction of sp³-hybridized carbons (Fsp3) is 0.412. The summed E-state index contributed by atoms with van der Waals surface area (Å²) in [5.74, 6) is -0.0516. The number of hydrogen-bond acceptors (Lipinski definition) is 8. The Hall–Kier alpha value is -1.40. The first-order chi connectivity index (χ1) is 12.7. The van der Waals surface area contributed by atoms with Crippen molar-refractivity contribution >= 4 is 48.8 Å². The van der Waals surface area contributed by atoms with E-state index >= 15 is 0 Å². The maximum atomic E-state index is 12.2. The predicted molar refractivity (Wildman–Crippen MR) is 104 cm³/mol. The molecule has 0 aromatic heterocycles. The number of aromatic nitrogens is 4. The first kappa shape index (κ1) is 22.9. The number of fused-ring (bicyclic) bond motifs is 2. The van der Waals surface area contributed by atoms with Gasteiger partial charge in [0, 0.05) is 0 Å². The molecule has 3 rings (SSSR count). The van der Waals surface area contributed by atoms with Gasteiger partial charge in [-0.2, -0.15) is 4.98 Å². The maximum absolute atomic E-state index is 12.2. The number of nitrogens with one attached hydrogen (secondary N) is 1. The van der Waals surface area contributed by atoms with E-state index < -0.39 is 36.2 Å². The minimum atomic E-state index is -1.64. The zero-order chi connectivity index (χ0) is 19.9. The molecule has 0 amide bonds. The molecule has 1 aromatic carbocycles. The van der Waals surface area contributed by atoms with Gasteiger partial charge >= 0.3 is 43.4 Å². The number of hydrogen-bond donors (Lipinski definition) is 5. The average Bonchev–Trinajstić information content (AvgIpc) is 2.62. The van der Waals surface area contributed by atoms with E-state index in [-0.39, 0.29) is 55.8 Å². The van der Waals surface area contributed by atoms with Gasteiger partial charge in [-0.3, -0.25) is 9.78 Å². The van der Waals surface area contributed by atoms with Crippen molar-refractivity contribution in [3.63, 3.8) is 0 Å². The van der Waals surface area contributed by atoms with Gasteiger partial charge in [-0.05, 0) is 37.1 Å². The Kier molecular flexibility index (Phi) is 7.32. The van der Waals surface area contributed by atoms with Crippen LogP contribution >= 0.6 is 0 Å². The molecule has 2 heterocycles. The fourth-order valence-corrected chi connectivity index (χ4v) is 2.89. The van der Waals surface area contributed by atoms with Gasteiger partial charge in [0.1, 0.15) is 18.3 Å². The quantitative estimate of drug-likeness (QED) is 0.222. The van der Waals surface area contributed by atoms with Crippen molar-refractivity contribution in [1.29, 1.82) is 0 Å². The molecule has 148 valence electrons. The monoisotopic (exact) mass is 418 g/mol. The summed E-state index contributed by atoms with van der Waals surface area (Å²) in [6, 6.07) is 3.53. The van der Waals surface area contributed by atoms with E-state index in [2.05, 4.69) is 15.0 Å². The number of H-pyrrole nitrogens is 1. The van der Waals surface area contributed by atoms with Gasteiger partial charge in [-0.15, -0.1) is 0 Å². The molecule has 0 bridgehead atoms. The summed E-state index contributed by atoms with van der Waals surface area (Å²) in [4.78, 5) is 34.0. The first-order valence-corrected chi connectivity index (χ1v) is 8.29. The van der Waals surface area contributed by atoms with Gasteiger partial charge in [0.05, 0.1) is 24.2 Å². The van der Waals surface area contributed by atoms with Gasteiger partial charge < -0.3 is 25.0 Å². The molecule has 0 radical (unpaired) electrons. The number of aliphatic hydroxyl groups is 4. The third-order valence-electron chi connectivity index (χ3n) is 4.57. The topological polar surface area (TPSA) is 162 Å². The normalized spacial score (nSPS) is 14.6. The van der Waals surface area contributed by atoms with Crippen LogP contribution in [0.3, 0.4) is 0 Å². The molecule has 0 unspecified atom stereocenters. The summed E-state index contributed by atoms with van der Waals surface area (Å²) in [7, 11) is 0. The van der Waals surface area contributed by atoms with Crippen LogP contribution in [0.1, 0.15) is 11.1 Å². The average molecular weight is 418 g/mol. The molecule has 0 saturated carbocycles. The van der Waals surface area contributed by atoms with Crippen molar-refractivity contribution in [2.24, 2.45) is 0 Å². The van der Waals surface area contributed by atoms with Gasteiger partial charge in [-0.1, -0.05) is 0 Å². The van der Waals surface area contributed by atoms with Crippen molar-refractivity contribution < 1.29 is 20.4 Å². The molecule has 0 aliphatic carbocycles. The molecule has 11 heteroatoms. The Morgan fingerprint density at radius 2 is 1.71 bits per heavy atom. The summed E-state index contributed by atoms with van der Waals surface area (Å²) in [6.45, 7) is 2.73. The molecule has 3 atom stereocenters. The second kappa shape index (κ2) is 8.95. The Morgan fingerprint density at radius 3 is 2.36 bits per heavy atom. The second-order valence-electron chi connectivity index (χ2n) is 6.50. The SMILES string of the molecule is Cc1cc2nc3c(=O)[nH]c(=O)nc-3n(C[C@H](O)[C@H](O)[C@H](O)CO)c2cc1C.[CaH2]. The summed E-state index contributed by atoms with van der Waals surface area (Å²) >= 11 is 0. The molecule has 1 aromatic rings. The van der Waals surface area contributed by atoms with Gasteiger partial charge in [-0.25, -0.2) is 9.78 Å². The molecule has 10 nitrogen and oxygen atoms in total.